The van der Waals surface area contributed by atoms with E-state index in [1.54, 1.807) is 12.1 Å². The van der Waals surface area contributed by atoms with Crippen molar-refractivity contribution in [3.63, 3.8) is 0 Å². The molecule has 3 rings (SSSR count). The molecule has 1 saturated heterocycles. The topological polar surface area (TPSA) is 106 Å². The highest BCUT2D eigenvalue weighted by Gasteiger charge is 2.24. The molecule has 2 aromatic heterocycles. The van der Waals surface area contributed by atoms with Crippen LogP contribution in [-0.4, -0.2) is 49.2 Å². The lowest BCUT2D eigenvalue weighted by Gasteiger charge is -2.25. The number of sulfonamides is 1. The number of nitrogens with one attached hydrogen (secondary N) is 1. The fourth-order valence-electron chi connectivity index (χ4n) is 2.57. The molecule has 2 aromatic rings. The average Bonchev–Trinajstić information content (AvgIpc) is 3.26. The van der Waals surface area contributed by atoms with Crippen molar-refractivity contribution < 1.29 is 22.2 Å². The quantitative estimate of drug-likeness (QED) is 0.843. The van der Waals surface area contributed by atoms with Crippen LogP contribution in [0.15, 0.2) is 33.4 Å². The van der Waals surface area contributed by atoms with Gasteiger partial charge < -0.3 is 14.3 Å². The third kappa shape index (κ3) is 3.85. The van der Waals surface area contributed by atoms with Gasteiger partial charge in [0.2, 0.25) is 15.8 Å². The molecule has 1 amide bonds. The molecule has 1 aliphatic heterocycles. The Morgan fingerprint density at radius 1 is 1.25 bits per heavy atom. The summed E-state index contributed by atoms with van der Waals surface area (Å²) in [6.07, 6.45) is 4.33. The Morgan fingerprint density at radius 2 is 2.04 bits per heavy atom. The Hall–Kier alpha value is -2.13. The molecule has 1 aliphatic rings. The molecule has 1 N–H and O–H groups in total. The minimum atomic E-state index is -3.33. The Bertz CT molecular complexity index is 776. The molecule has 130 valence electrons. The maximum Gasteiger partial charge on any atom is 0.273 e. The zero-order chi connectivity index (χ0) is 17.0. The molecule has 9 heteroatoms. The van der Waals surface area contributed by atoms with Crippen molar-refractivity contribution in [1.29, 1.82) is 0 Å². The number of nitrogens with zero attached hydrogens (tertiary/aromatic N) is 2. The third-order valence-corrected chi connectivity index (χ3v) is 5.73. The minimum absolute atomic E-state index is 0.0284. The average molecular weight is 353 g/mol. The molecule has 0 aromatic carbocycles. The monoisotopic (exact) mass is 353 g/mol. The highest BCUT2D eigenvalue weighted by Crippen LogP contribution is 2.20. The summed E-state index contributed by atoms with van der Waals surface area (Å²) in [6, 6.07) is 4.84. The van der Waals surface area contributed by atoms with Gasteiger partial charge in [-0.05, 0) is 25.0 Å². The standard InChI is InChI=1S/C15H19N3O5S/c19-15(12-11-14(23-17-12)13-5-4-9-22-13)16-6-10-24(20,21)18-7-2-1-3-8-18/h4-5,9,11H,1-3,6-8,10H2,(H,16,19). The summed E-state index contributed by atoms with van der Waals surface area (Å²) in [5.74, 6) is 0.201. The van der Waals surface area contributed by atoms with Gasteiger partial charge >= 0.3 is 0 Å². The highest BCUT2D eigenvalue weighted by atomic mass is 32.2. The van der Waals surface area contributed by atoms with Crippen LogP contribution in [0.25, 0.3) is 11.5 Å². The van der Waals surface area contributed by atoms with Gasteiger partial charge in [0.15, 0.2) is 11.5 Å². The summed E-state index contributed by atoms with van der Waals surface area (Å²) in [7, 11) is -3.33. The number of rotatable bonds is 6. The van der Waals surface area contributed by atoms with Crippen LogP contribution in [0, 0.1) is 0 Å². The van der Waals surface area contributed by atoms with Crippen molar-refractivity contribution in [3.05, 3.63) is 30.2 Å². The van der Waals surface area contributed by atoms with Crippen LogP contribution in [0.3, 0.4) is 0 Å². The van der Waals surface area contributed by atoms with E-state index in [9.17, 15) is 13.2 Å². The molecule has 8 nitrogen and oxygen atoms in total. The van der Waals surface area contributed by atoms with Gasteiger partial charge in [-0.2, -0.15) is 0 Å². The normalized spacial score (nSPS) is 16.2. The van der Waals surface area contributed by atoms with Gasteiger partial charge in [0, 0.05) is 25.7 Å². The van der Waals surface area contributed by atoms with Crippen LogP contribution in [0.5, 0.6) is 0 Å². The molecule has 1 fully saturated rings. The van der Waals surface area contributed by atoms with Crippen LogP contribution in [0.1, 0.15) is 29.8 Å². The second kappa shape index (κ2) is 7.18. The number of carbonyl (C=O) groups is 1. The summed E-state index contributed by atoms with van der Waals surface area (Å²) < 4.78 is 36.1. The van der Waals surface area contributed by atoms with Crippen LogP contribution in [0.4, 0.5) is 0 Å². The minimum Gasteiger partial charge on any atom is -0.461 e. The largest absolute Gasteiger partial charge is 0.461 e. The maximum absolute atomic E-state index is 12.2. The van der Waals surface area contributed by atoms with E-state index in [0.29, 0.717) is 24.6 Å². The Balaban J connectivity index is 1.52. The van der Waals surface area contributed by atoms with Crippen molar-refractivity contribution in [3.8, 4) is 11.5 Å². The molecular formula is C15H19N3O5S. The fourth-order valence-corrected chi connectivity index (χ4v) is 4.01. The van der Waals surface area contributed by atoms with Gasteiger partial charge in [0.05, 0.1) is 12.0 Å². The fraction of sp³-hybridized carbons (Fsp3) is 0.467. The number of piperidine rings is 1. The number of carbonyl (C=O) groups excluding carboxylic acids is 1. The van der Waals surface area contributed by atoms with E-state index >= 15 is 0 Å². The lowest BCUT2D eigenvalue weighted by atomic mass is 10.2. The summed E-state index contributed by atoms with van der Waals surface area (Å²) in [6.45, 7) is 1.15. The van der Waals surface area contributed by atoms with Gasteiger partial charge in [-0.3, -0.25) is 4.79 Å². The molecule has 3 heterocycles. The predicted molar refractivity (Wildman–Crippen MR) is 85.7 cm³/mol. The molecule has 0 aliphatic carbocycles. The van der Waals surface area contributed by atoms with Crippen LogP contribution in [0.2, 0.25) is 0 Å². The molecule has 0 atom stereocenters. The molecule has 0 spiro atoms. The van der Waals surface area contributed by atoms with E-state index in [1.165, 1.54) is 16.6 Å². The number of furan rings is 1. The van der Waals surface area contributed by atoms with Gasteiger partial charge in [0.25, 0.3) is 5.91 Å². The van der Waals surface area contributed by atoms with Crippen molar-refractivity contribution in [2.75, 3.05) is 25.4 Å². The zero-order valence-electron chi connectivity index (χ0n) is 13.1. The van der Waals surface area contributed by atoms with Crippen molar-refractivity contribution >= 4 is 15.9 Å². The molecule has 0 unspecified atom stereocenters. The molecule has 24 heavy (non-hydrogen) atoms. The SMILES string of the molecule is O=C(NCCS(=O)(=O)N1CCCCC1)c1cc(-c2ccco2)on1. The Kier molecular flexibility index (Phi) is 5.00. The van der Waals surface area contributed by atoms with Crippen molar-refractivity contribution in [2.45, 2.75) is 19.3 Å². The number of aromatic nitrogens is 1. The summed E-state index contributed by atoms with van der Waals surface area (Å²) in [4.78, 5) is 12.0. The smallest absolute Gasteiger partial charge is 0.273 e. The highest BCUT2D eigenvalue weighted by molar-refractivity contribution is 7.89. The Morgan fingerprint density at radius 3 is 2.75 bits per heavy atom. The van der Waals surface area contributed by atoms with E-state index in [4.69, 9.17) is 8.94 Å². The molecule has 0 saturated carbocycles. The van der Waals surface area contributed by atoms with E-state index in [1.807, 2.05) is 0 Å². The summed E-state index contributed by atoms with van der Waals surface area (Å²) in [5, 5.41) is 6.23. The van der Waals surface area contributed by atoms with Crippen molar-refractivity contribution in [2.24, 2.45) is 0 Å². The molecule has 0 radical (unpaired) electrons. The van der Waals surface area contributed by atoms with Crippen LogP contribution >= 0.6 is 0 Å². The van der Waals surface area contributed by atoms with Crippen LogP contribution < -0.4 is 5.32 Å². The maximum atomic E-state index is 12.2. The van der Waals surface area contributed by atoms with Gasteiger partial charge in [0.1, 0.15) is 0 Å². The van der Waals surface area contributed by atoms with Gasteiger partial charge in [-0.25, -0.2) is 12.7 Å². The van der Waals surface area contributed by atoms with E-state index in [-0.39, 0.29) is 18.0 Å². The first-order chi connectivity index (χ1) is 11.6. The summed E-state index contributed by atoms with van der Waals surface area (Å²) >= 11 is 0. The Labute approximate surface area is 139 Å². The van der Waals surface area contributed by atoms with E-state index < -0.39 is 15.9 Å². The summed E-state index contributed by atoms with van der Waals surface area (Å²) in [5.41, 5.74) is 0.0803. The number of amides is 1. The van der Waals surface area contributed by atoms with E-state index in [0.717, 1.165) is 19.3 Å². The first-order valence-corrected chi connectivity index (χ1v) is 9.44. The first-order valence-electron chi connectivity index (χ1n) is 7.83. The zero-order valence-corrected chi connectivity index (χ0v) is 13.9. The van der Waals surface area contributed by atoms with Crippen LogP contribution in [-0.2, 0) is 10.0 Å². The molecule has 0 bridgehead atoms. The lowest BCUT2D eigenvalue weighted by molar-refractivity contribution is 0.0947. The van der Waals surface area contributed by atoms with Gasteiger partial charge in [-0.1, -0.05) is 11.6 Å². The lowest BCUT2D eigenvalue weighted by Crippen LogP contribution is -2.40. The third-order valence-electron chi connectivity index (χ3n) is 3.86. The second-order valence-corrected chi connectivity index (χ2v) is 7.67. The number of hydrogen-bond donors (Lipinski definition) is 1. The first kappa shape index (κ1) is 16.7. The van der Waals surface area contributed by atoms with Gasteiger partial charge in [-0.15, -0.1) is 0 Å². The second-order valence-electron chi connectivity index (χ2n) is 5.59. The van der Waals surface area contributed by atoms with E-state index in [2.05, 4.69) is 10.5 Å². The molecular weight excluding hydrogens is 334 g/mol. The predicted octanol–water partition coefficient (Wildman–Crippen LogP) is 1.48. The van der Waals surface area contributed by atoms with Crippen molar-refractivity contribution in [1.82, 2.24) is 14.8 Å². The number of hydrogen-bond acceptors (Lipinski definition) is 6.